The van der Waals surface area contributed by atoms with E-state index < -0.39 is 0 Å². The number of aromatic nitrogens is 2. The molecule has 6 heteroatoms. The van der Waals surface area contributed by atoms with E-state index in [4.69, 9.17) is 4.74 Å². The van der Waals surface area contributed by atoms with E-state index in [0.29, 0.717) is 6.42 Å². The molecule has 0 aliphatic carbocycles. The Hall–Kier alpha value is -2.63. The Bertz CT molecular complexity index is 685. The van der Waals surface area contributed by atoms with Crippen LogP contribution in [0.15, 0.2) is 42.7 Å². The second-order valence-corrected chi connectivity index (χ2v) is 6.23. The van der Waals surface area contributed by atoms with Crippen molar-refractivity contribution in [3.8, 4) is 5.75 Å². The zero-order valence-electron chi connectivity index (χ0n) is 14.5. The number of hydrogen-bond acceptors (Lipinski definition) is 5. The molecule has 0 saturated carbocycles. The third-order valence-electron chi connectivity index (χ3n) is 4.47. The zero-order chi connectivity index (χ0) is 17.5. The lowest BCUT2D eigenvalue weighted by Crippen LogP contribution is -2.45. The van der Waals surface area contributed by atoms with Gasteiger partial charge in [-0.2, -0.15) is 0 Å². The van der Waals surface area contributed by atoms with Crippen molar-refractivity contribution in [3.63, 3.8) is 0 Å². The highest BCUT2D eigenvalue weighted by molar-refractivity contribution is 5.76. The second kappa shape index (κ2) is 8.46. The first kappa shape index (κ1) is 17.2. The van der Waals surface area contributed by atoms with E-state index >= 15 is 0 Å². The molecule has 2 aromatic rings. The molecule has 1 aromatic heterocycles. The van der Waals surface area contributed by atoms with Gasteiger partial charge in [-0.3, -0.25) is 4.79 Å². The average molecular weight is 340 g/mol. The van der Waals surface area contributed by atoms with E-state index in [-0.39, 0.29) is 11.9 Å². The van der Waals surface area contributed by atoms with Crippen LogP contribution in [0.5, 0.6) is 5.75 Å². The summed E-state index contributed by atoms with van der Waals surface area (Å²) in [5, 5.41) is 3.15. The van der Waals surface area contributed by atoms with Gasteiger partial charge in [0.15, 0.2) is 0 Å². The molecule has 1 saturated heterocycles. The fourth-order valence-corrected chi connectivity index (χ4v) is 3.06. The van der Waals surface area contributed by atoms with Gasteiger partial charge in [-0.15, -0.1) is 0 Å². The van der Waals surface area contributed by atoms with Gasteiger partial charge >= 0.3 is 0 Å². The molecule has 0 atom stereocenters. The van der Waals surface area contributed by atoms with Crippen LogP contribution in [0.2, 0.25) is 0 Å². The predicted octanol–water partition coefficient (Wildman–Crippen LogP) is 2.20. The number of benzene rings is 1. The number of nitrogens with one attached hydrogen (secondary N) is 1. The van der Waals surface area contributed by atoms with E-state index in [1.165, 1.54) is 0 Å². The van der Waals surface area contributed by atoms with Gasteiger partial charge < -0.3 is 15.0 Å². The highest BCUT2D eigenvalue weighted by Gasteiger charge is 2.21. The summed E-state index contributed by atoms with van der Waals surface area (Å²) in [4.78, 5) is 22.9. The molecule has 0 bridgehead atoms. The molecule has 6 nitrogen and oxygen atoms in total. The maximum absolute atomic E-state index is 12.2. The fourth-order valence-electron chi connectivity index (χ4n) is 3.06. The smallest absolute Gasteiger partial charge is 0.225 e. The van der Waals surface area contributed by atoms with E-state index in [1.54, 1.807) is 19.5 Å². The largest absolute Gasteiger partial charge is 0.497 e. The Labute approximate surface area is 148 Å². The normalized spacial score (nSPS) is 15.0. The van der Waals surface area contributed by atoms with Gasteiger partial charge in [0.2, 0.25) is 11.9 Å². The molecule has 1 N–H and O–H groups in total. The average Bonchev–Trinajstić information content (AvgIpc) is 2.68. The van der Waals surface area contributed by atoms with Gasteiger partial charge in [-0.1, -0.05) is 12.1 Å². The van der Waals surface area contributed by atoms with Crippen LogP contribution in [0.25, 0.3) is 0 Å². The minimum Gasteiger partial charge on any atom is -0.497 e. The quantitative estimate of drug-likeness (QED) is 0.873. The highest BCUT2D eigenvalue weighted by Crippen LogP contribution is 2.16. The summed E-state index contributed by atoms with van der Waals surface area (Å²) >= 11 is 0. The lowest BCUT2D eigenvalue weighted by atomic mass is 10.0. The molecule has 0 unspecified atom stereocenters. The van der Waals surface area contributed by atoms with E-state index in [1.807, 2.05) is 30.3 Å². The number of carbonyl (C=O) groups is 1. The number of ether oxygens (including phenoxy) is 1. The van der Waals surface area contributed by atoms with Crippen molar-refractivity contribution in [1.29, 1.82) is 0 Å². The molecule has 1 aromatic carbocycles. The number of hydrogen-bond donors (Lipinski definition) is 1. The summed E-state index contributed by atoms with van der Waals surface area (Å²) in [6.45, 7) is 1.73. The number of methoxy groups -OCH3 is 1. The van der Waals surface area contributed by atoms with Crippen molar-refractivity contribution in [1.82, 2.24) is 15.3 Å². The number of anilines is 1. The van der Waals surface area contributed by atoms with Crippen molar-refractivity contribution < 1.29 is 9.53 Å². The first-order chi connectivity index (χ1) is 12.2. The molecule has 25 heavy (non-hydrogen) atoms. The van der Waals surface area contributed by atoms with E-state index in [9.17, 15) is 4.79 Å². The van der Waals surface area contributed by atoms with Crippen molar-refractivity contribution in [2.75, 3.05) is 25.1 Å². The first-order valence-corrected chi connectivity index (χ1v) is 8.69. The molecule has 0 radical (unpaired) electrons. The topological polar surface area (TPSA) is 67.3 Å². The number of carbonyl (C=O) groups excluding carboxylic acids is 1. The Morgan fingerprint density at radius 2 is 2.00 bits per heavy atom. The predicted molar refractivity (Wildman–Crippen MR) is 96.7 cm³/mol. The molecular formula is C19H24N4O2. The van der Waals surface area contributed by atoms with Crippen LogP contribution in [-0.4, -0.2) is 42.1 Å². The first-order valence-electron chi connectivity index (χ1n) is 8.69. The summed E-state index contributed by atoms with van der Waals surface area (Å²) < 4.78 is 5.21. The molecule has 132 valence electrons. The number of amides is 1. The third-order valence-corrected chi connectivity index (χ3v) is 4.47. The Morgan fingerprint density at radius 3 is 2.72 bits per heavy atom. The van der Waals surface area contributed by atoms with Gasteiger partial charge in [0.05, 0.1) is 7.11 Å². The molecule has 3 rings (SSSR count). The summed E-state index contributed by atoms with van der Waals surface area (Å²) in [6, 6.07) is 9.91. The molecular weight excluding hydrogens is 316 g/mol. The van der Waals surface area contributed by atoms with Gasteiger partial charge in [0.1, 0.15) is 5.75 Å². The molecule has 1 fully saturated rings. The fraction of sp³-hybridized carbons (Fsp3) is 0.421. The summed E-state index contributed by atoms with van der Waals surface area (Å²) in [5.74, 6) is 1.70. The molecule has 0 spiro atoms. The number of aryl methyl sites for hydroxylation is 1. The van der Waals surface area contributed by atoms with Gasteiger partial charge in [0.25, 0.3) is 0 Å². The molecule has 1 aliphatic heterocycles. The minimum absolute atomic E-state index is 0.109. The maximum atomic E-state index is 12.2. The summed E-state index contributed by atoms with van der Waals surface area (Å²) in [5.41, 5.74) is 1.12. The Kier molecular flexibility index (Phi) is 5.82. The van der Waals surface area contributed by atoms with Crippen molar-refractivity contribution in [2.45, 2.75) is 31.7 Å². The lowest BCUT2D eigenvalue weighted by molar-refractivity contribution is -0.121. The van der Waals surface area contributed by atoms with Crippen molar-refractivity contribution in [2.24, 2.45) is 0 Å². The third kappa shape index (κ3) is 4.92. The SMILES string of the molecule is COc1cccc(CCC(=O)NC2CCN(c3ncccn3)CC2)c1. The van der Waals surface area contributed by atoms with Crippen LogP contribution in [0.3, 0.4) is 0 Å². The Morgan fingerprint density at radius 1 is 1.24 bits per heavy atom. The molecule has 1 aliphatic rings. The monoisotopic (exact) mass is 340 g/mol. The van der Waals surface area contributed by atoms with Gasteiger partial charge in [0, 0.05) is 37.9 Å². The van der Waals surface area contributed by atoms with Crippen LogP contribution in [-0.2, 0) is 11.2 Å². The van der Waals surface area contributed by atoms with E-state index in [2.05, 4.69) is 20.2 Å². The van der Waals surface area contributed by atoms with Crippen LogP contribution < -0.4 is 15.0 Å². The van der Waals surface area contributed by atoms with Gasteiger partial charge in [-0.05, 0) is 43.0 Å². The lowest BCUT2D eigenvalue weighted by Gasteiger charge is -2.32. The van der Waals surface area contributed by atoms with Crippen molar-refractivity contribution in [3.05, 3.63) is 48.3 Å². The van der Waals surface area contributed by atoms with Crippen LogP contribution in [0.4, 0.5) is 5.95 Å². The number of nitrogens with zero attached hydrogens (tertiary/aromatic N) is 3. The number of piperidine rings is 1. The molecule has 1 amide bonds. The molecule has 2 heterocycles. The summed E-state index contributed by atoms with van der Waals surface area (Å²) in [7, 11) is 1.65. The van der Waals surface area contributed by atoms with Crippen molar-refractivity contribution >= 4 is 11.9 Å². The Balaban J connectivity index is 1.42. The van der Waals surface area contributed by atoms with Crippen LogP contribution >= 0.6 is 0 Å². The van der Waals surface area contributed by atoms with Crippen LogP contribution in [0, 0.1) is 0 Å². The zero-order valence-corrected chi connectivity index (χ0v) is 14.5. The second-order valence-electron chi connectivity index (χ2n) is 6.23. The van der Waals surface area contributed by atoms with Crippen LogP contribution in [0.1, 0.15) is 24.8 Å². The maximum Gasteiger partial charge on any atom is 0.225 e. The minimum atomic E-state index is 0.109. The standard InChI is InChI=1S/C19H24N4O2/c1-25-17-5-2-4-15(14-17)6-7-18(24)22-16-8-12-23(13-9-16)19-20-10-3-11-21-19/h2-5,10-11,14,16H,6-9,12-13H2,1H3,(H,22,24). The highest BCUT2D eigenvalue weighted by atomic mass is 16.5. The number of rotatable bonds is 6. The van der Waals surface area contributed by atoms with Gasteiger partial charge in [-0.25, -0.2) is 9.97 Å². The van der Waals surface area contributed by atoms with E-state index in [0.717, 1.165) is 49.6 Å². The summed E-state index contributed by atoms with van der Waals surface area (Å²) in [6.07, 6.45) is 6.57.